The van der Waals surface area contributed by atoms with Crippen molar-refractivity contribution in [2.45, 2.75) is 19.4 Å². The van der Waals surface area contributed by atoms with E-state index < -0.39 is 10.5 Å². The number of anilines is 1. The fraction of sp³-hybridized carbons (Fsp3) is 0.211. The van der Waals surface area contributed by atoms with E-state index >= 15 is 0 Å². The summed E-state index contributed by atoms with van der Waals surface area (Å²) in [5.41, 5.74) is 8.70. The molecule has 3 N–H and O–H groups in total. The van der Waals surface area contributed by atoms with Crippen molar-refractivity contribution in [2.75, 3.05) is 11.9 Å². The molecule has 0 spiro atoms. The van der Waals surface area contributed by atoms with Crippen molar-refractivity contribution < 1.29 is 4.92 Å². The molecule has 3 rings (SSSR count). The lowest BCUT2D eigenvalue weighted by atomic mass is 10.0. The summed E-state index contributed by atoms with van der Waals surface area (Å²) >= 11 is 0. The highest BCUT2D eigenvalue weighted by molar-refractivity contribution is 5.97. The molecule has 6 nitrogen and oxygen atoms in total. The first kappa shape index (κ1) is 16.9. The topological polar surface area (TPSA) is 94.1 Å². The first-order chi connectivity index (χ1) is 11.8. The summed E-state index contributed by atoms with van der Waals surface area (Å²) < 4.78 is 0. The lowest BCUT2D eigenvalue weighted by molar-refractivity contribution is -0.384. The average Bonchev–Trinajstić information content (AvgIpc) is 2.58. The van der Waals surface area contributed by atoms with Crippen molar-refractivity contribution in [1.82, 2.24) is 4.98 Å². The number of rotatable bonds is 5. The van der Waals surface area contributed by atoms with Gasteiger partial charge in [-0.1, -0.05) is 36.4 Å². The normalized spacial score (nSPS) is 11.5. The molecule has 0 saturated heterocycles. The van der Waals surface area contributed by atoms with E-state index in [9.17, 15) is 10.1 Å². The summed E-state index contributed by atoms with van der Waals surface area (Å²) in [6, 6.07) is 15.7. The molecular formula is C19H20N4O2. The van der Waals surface area contributed by atoms with Gasteiger partial charge in [0.2, 0.25) is 0 Å². The molecule has 0 radical (unpaired) electrons. The second-order valence-corrected chi connectivity index (χ2v) is 6.72. The van der Waals surface area contributed by atoms with Crippen molar-refractivity contribution in [1.29, 1.82) is 0 Å². The van der Waals surface area contributed by atoms with Crippen molar-refractivity contribution in [2.24, 2.45) is 5.73 Å². The molecule has 0 aliphatic carbocycles. The van der Waals surface area contributed by atoms with Gasteiger partial charge in [0.1, 0.15) is 11.9 Å². The van der Waals surface area contributed by atoms with E-state index in [1.165, 1.54) is 6.20 Å². The van der Waals surface area contributed by atoms with Crippen LogP contribution in [0.25, 0.3) is 22.0 Å². The Morgan fingerprint density at radius 1 is 1.16 bits per heavy atom. The van der Waals surface area contributed by atoms with Crippen molar-refractivity contribution in [3.05, 3.63) is 64.8 Å². The second kappa shape index (κ2) is 6.49. The Morgan fingerprint density at radius 2 is 1.88 bits per heavy atom. The zero-order chi connectivity index (χ0) is 18.0. The maximum absolute atomic E-state index is 11.4. The molecule has 6 heteroatoms. The van der Waals surface area contributed by atoms with Crippen LogP contribution in [-0.4, -0.2) is 22.0 Å². The van der Waals surface area contributed by atoms with E-state index in [4.69, 9.17) is 5.73 Å². The molecular weight excluding hydrogens is 316 g/mol. The number of hydrogen-bond donors (Lipinski definition) is 2. The highest BCUT2D eigenvalue weighted by Gasteiger charge is 2.20. The Labute approximate surface area is 145 Å². The van der Waals surface area contributed by atoms with E-state index in [1.807, 2.05) is 62.4 Å². The quantitative estimate of drug-likeness (QED) is 0.543. The number of pyridine rings is 1. The van der Waals surface area contributed by atoms with Gasteiger partial charge in [0.05, 0.1) is 10.4 Å². The Balaban J connectivity index is 2.11. The smallest absolute Gasteiger partial charge is 0.311 e. The van der Waals surface area contributed by atoms with Crippen LogP contribution < -0.4 is 11.1 Å². The van der Waals surface area contributed by atoms with Crippen LogP contribution in [0.3, 0.4) is 0 Å². The van der Waals surface area contributed by atoms with Crippen LogP contribution in [0, 0.1) is 10.1 Å². The maximum atomic E-state index is 11.4. The number of nitrogens with two attached hydrogens (primary N) is 1. The van der Waals surface area contributed by atoms with E-state index in [0.717, 1.165) is 11.1 Å². The highest BCUT2D eigenvalue weighted by Crippen LogP contribution is 2.34. The number of nitrogens with zero attached hydrogens (tertiary/aromatic N) is 2. The van der Waals surface area contributed by atoms with Crippen LogP contribution in [0.2, 0.25) is 0 Å². The van der Waals surface area contributed by atoms with Gasteiger partial charge < -0.3 is 11.1 Å². The van der Waals surface area contributed by atoms with Crippen LogP contribution in [0.5, 0.6) is 0 Å². The van der Waals surface area contributed by atoms with Crippen LogP contribution >= 0.6 is 0 Å². The fourth-order valence-corrected chi connectivity index (χ4v) is 2.63. The minimum absolute atomic E-state index is 0.0517. The summed E-state index contributed by atoms with van der Waals surface area (Å²) in [6.07, 6.45) is 1.29. The number of nitro groups is 1. The summed E-state index contributed by atoms with van der Waals surface area (Å²) in [6.45, 7) is 4.14. The van der Waals surface area contributed by atoms with Crippen LogP contribution in [0.1, 0.15) is 13.8 Å². The summed E-state index contributed by atoms with van der Waals surface area (Å²) in [5, 5.41) is 15.2. The van der Waals surface area contributed by atoms with Crippen LogP contribution in [-0.2, 0) is 0 Å². The average molecular weight is 336 g/mol. The van der Waals surface area contributed by atoms with Crippen molar-refractivity contribution in [3.63, 3.8) is 0 Å². The minimum Gasteiger partial charge on any atom is -0.377 e. The molecule has 0 aliphatic heterocycles. The SMILES string of the molecule is CC(C)(N)CNc1c([N+](=O)[O-])cnc2cc(-c3ccccc3)ccc12. The van der Waals surface area contributed by atoms with Gasteiger partial charge in [-0.25, -0.2) is 4.98 Å². The van der Waals surface area contributed by atoms with E-state index in [1.54, 1.807) is 0 Å². The number of benzene rings is 2. The van der Waals surface area contributed by atoms with Gasteiger partial charge in [-0.3, -0.25) is 10.1 Å². The monoisotopic (exact) mass is 336 g/mol. The van der Waals surface area contributed by atoms with Gasteiger partial charge in [0, 0.05) is 17.5 Å². The van der Waals surface area contributed by atoms with E-state index in [2.05, 4.69) is 10.3 Å². The van der Waals surface area contributed by atoms with Gasteiger partial charge >= 0.3 is 5.69 Å². The van der Waals surface area contributed by atoms with Crippen molar-refractivity contribution in [3.8, 4) is 11.1 Å². The molecule has 25 heavy (non-hydrogen) atoms. The van der Waals surface area contributed by atoms with E-state index in [0.29, 0.717) is 23.1 Å². The molecule has 2 aromatic carbocycles. The predicted octanol–water partition coefficient (Wildman–Crippen LogP) is 3.96. The first-order valence-electron chi connectivity index (χ1n) is 8.00. The summed E-state index contributed by atoms with van der Waals surface area (Å²) in [4.78, 5) is 15.2. The standard InChI is InChI=1S/C19H20N4O2/c1-19(2,20)12-22-18-15-9-8-14(13-6-4-3-5-7-13)10-16(15)21-11-17(18)23(24)25/h3-11H,12,20H2,1-2H3,(H,21,22). The zero-order valence-corrected chi connectivity index (χ0v) is 14.2. The van der Waals surface area contributed by atoms with Crippen LogP contribution in [0.15, 0.2) is 54.7 Å². The zero-order valence-electron chi connectivity index (χ0n) is 14.2. The number of fused-ring (bicyclic) bond motifs is 1. The summed E-state index contributed by atoms with van der Waals surface area (Å²) in [7, 11) is 0. The molecule has 0 unspecified atom stereocenters. The van der Waals surface area contributed by atoms with Gasteiger partial charge in [0.15, 0.2) is 0 Å². The minimum atomic E-state index is -0.493. The molecule has 128 valence electrons. The highest BCUT2D eigenvalue weighted by atomic mass is 16.6. The largest absolute Gasteiger partial charge is 0.377 e. The fourth-order valence-electron chi connectivity index (χ4n) is 2.63. The first-order valence-corrected chi connectivity index (χ1v) is 8.00. The Bertz CT molecular complexity index is 918. The Kier molecular flexibility index (Phi) is 4.37. The Morgan fingerprint density at radius 3 is 2.52 bits per heavy atom. The molecule has 0 bridgehead atoms. The van der Waals surface area contributed by atoms with Crippen molar-refractivity contribution >= 4 is 22.3 Å². The predicted molar refractivity (Wildman–Crippen MR) is 101 cm³/mol. The lowest BCUT2D eigenvalue weighted by Gasteiger charge is -2.20. The molecule has 0 aliphatic rings. The number of nitrogens with one attached hydrogen (secondary N) is 1. The third kappa shape index (κ3) is 3.75. The number of aromatic nitrogens is 1. The molecule has 1 heterocycles. The van der Waals surface area contributed by atoms with Gasteiger partial charge in [-0.05, 0) is 37.1 Å². The third-order valence-corrected chi connectivity index (χ3v) is 3.87. The van der Waals surface area contributed by atoms with E-state index in [-0.39, 0.29) is 5.69 Å². The molecule has 0 fully saturated rings. The van der Waals surface area contributed by atoms with Gasteiger partial charge in [0.25, 0.3) is 0 Å². The molecule has 0 amide bonds. The second-order valence-electron chi connectivity index (χ2n) is 6.72. The van der Waals surface area contributed by atoms with Crippen LogP contribution in [0.4, 0.5) is 11.4 Å². The Hall–Kier alpha value is -2.99. The number of hydrogen-bond acceptors (Lipinski definition) is 5. The van der Waals surface area contributed by atoms with Gasteiger partial charge in [-0.15, -0.1) is 0 Å². The molecule has 3 aromatic rings. The lowest BCUT2D eigenvalue weighted by Crippen LogP contribution is -2.39. The summed E-state index contributed by atoms with van der Waals surface area (Å²) in [5.74, 6) is 0. The van der Waals surface area contributed by atoms with Gasteiger partial charge in [-0.2, -0.15) is 0 Å². The molecule has 1 aromatic heterocycles. The molecule has 0 saturated carbocycles. The molecule has 0 atom stereocenters. The maximum Gasteiger partial charge on any atom is 0.311 e. The third-order valence-electron chi connectivity index (χ3n) is 3.87.